The number of hydrogen-bond acceptors (Lipinski definition) is 4. The van der Waals surface area contributed by atoms with Crippen LogP contribution in [0.4, 0.5) is 0 Å². The Morgan fingerprint density at radius 2 is 1.41 bits per heavy atom. The third-order valence-corrected chi connectivity index (χ3v) is 3.99. The highest BCUT2D eigenvalue weighted by atomic mass is 16.2. The Hall–Kier alpha value is -2.08. The second kappa shape index (κ2) is 9.04. The van der Waals surface area contributed by atoms with Gasteiger partial charge < -0.3 is 10.6 Å². The zero-order valence-electron chi connectivity index (χ0n) is 13.3. The molecule has 1 fully saturated rings. The topological polar surface area (TPSA) is 106 Å². The normalized spacial score (nSPS) is 23.5. The molecule has 0 aromatic heterocycles. The van der Waals surface area contributed by atoms with Crippen molar-refractivity contribution in [2.75, 3.05) is 0 Å². The second-order valence-corrected chi connectivity index (χ2v) is 6.10. The molecule has 1 aliphatic carbocycles. The minimum atomic E-state index is -0.170. The van der Waals surface area contributed by atoms with Crippen LogP contribution in [0.2, 0.25) is 0 Å². The predicted octanol–water partition coefficient (Wildman–Crippen LogP) is 1.63. The molecule has 6 heteroatoms. The van der Waals surface area contributed by atoms with E-state index in [1.54, 1.807) is 13.8 Å². The van der Waals surface area contributed by atoms with Gasteiger partial charge in [-0.3, -0.25) is 9.59 Å². The van der Waals surface area contributed by atoms with Crippen LogP contribution in [0, 0.1) is 34.5 Å². The van der Waals surface area contributed by atoms with E-state index in [2.05, 4.69) is 10.6 Å². The Morgan fingerprint density at radius 3 is 1.77 bits per heavy atom. The molecular weight excluding hydrogens is 280 g/mol. The molecule has 6 nitrogen and oxygen atoms in total. The molecule has 2 N–H and O–H groups in total. The summed E-state index contributed by atoms with van der Waals surface area (Å²) in [6.45, 7) is 3.61. The Morgan fingerprint density at radius 1 is 1.00 bits per heavy atom. The second-order valence-electron chi connectivity index (χ2n) is 6.10. The summed E-state index contributed by atoms with van der Waals surface area (Å²) in [4.78, 5) is 24.4. The van der Waals surface area contributed by atoms with Crippen molar-refractivity contribution in [3.63, 3.8) is 0 Å². The molecule has 2 amide bonds. The molecule has 120 valence electrons. The summed E-state index contributed by atoms with van der Waals surface area (Å²) < 4.78 is 0. The van der Waals surface area contributed by atoms with Gasteiger partial charge >= 0.3 is 0 Å². The quantitative estimate of drug-likeness (QED) is 0.777. The smallest absolute Gasteiger partial charge is 0.223 e. The lowest BCUT2D eigenvalue weighted by atomic mass is 9.80. The van der Waals surface area contributed by atoms with Gasteiger partial charge in [-0.05, 0) is 33.1 Å². The van der Waals surface area contributed by atoms with Crippen LogP contribution >= 0.6 is 0 Å². The Labute approximate surface area is 131 Å². The number of amides is 2. The van der Waals surface area contributed by atoms with Gasteiger partial charge in [0.05, 0.1) is 25.0 Å². The van der Waals surface area contributed by atoms with Crippen molar-refractivity contribution in [2.24, 2.45) is 11.8 Å². The van der Waals surface area contributed by atoms with Crippen molar-refractivity contribution in [3.05, 3.63) is 0 Å². The number of rotatable bonds is 6. The molecular formula is C16H24N4O2. The summed E-state index contributed by atoms with van der Waals surface area (Å²) in [5, 5.41) is 22.9. The summed E-state index contributed by atoms with van der Waals surface area (Å²) >= 11 is 0. The van der Waals surface area contributed by atoms with Gasteiger partial charge in [-0.1, -0.05) is 6.42 Å². The van der Waals surface area contributed by atoms with E-state index < -0.39 is 0 Å². The zero-order valence-corrected chi connectivity index (χ0v) is 13.3. The molecule has 0 bridgehead atoms. The Bertz CT molecular complexity index is 436. The van der Waals surface area contributed by atoms with Crippen molar-refractivity contribution >= 4 is 11.8 Å². The fraction of sp³-hybridized carbons (Fsp3) is 0.750. The molecule has 0 saturated heterocycles. The predicted molar refractivity (Wildman–Crippen MR) is 81.1 cm³/mol. The van der Waals surface area contributed by atoms with E-state index in [-0.39, 0.29) is 48.6 Å². The summed E-state index contributed by atoms with van der Waals surface area (Å²) in [5.41, 5.74) is 0. The molecule has 4 atom stereocenters. The lowest BCUT2D eigenvalue weighted by Gasteiger charge is -2.29. The van der Waals surface area contributed by atoms with Gasteiger partial charge in [-0.15, -0.1) is 0 Å². The first-order valence-corrected chi connectivity index (χ1v) is 7.82. The van der Waals surface area contributed by atoms with Crippen LogP contribution in [0.5, 0.6) is 0 Å². The largest absolute Gasteiger partial charge is 0.352 e. The molecule has 1 rings (SSSR count). The van der Waals surface area contributed by atoms with E-state index in [0.29, 0.717) is 6.42 Å². The first-order chi connectivity index (χ1) is 10.5. The van der Waals surface area contributed by atoms with E-state index in [1.165, 1.54) is 0 Å². The van der Waals surface area contributed by atoms with Crippen LogP contribution in [0.1, 0.15) is 52.4 Å². The number of nitriles is 2. The van der Waals surface area contributed by atoms with Crippen LogP contribution < -0.4 is 10.6 Å². The van der Waals surface area contributed by atoms with Crippen molar-refractivity contribution in [2.45, 2.75) is 64.5 Å². The lowest BCUT2D eigenvalue weighted by molar-refractivity contribution is -0.130. The average Bonchev–Trinajstić information content (AvgIpc) is 2.47. The number of carbonyl (C=O) groups is 2. The zero-order chi connectivity index (χ0) is 16.5. The third-order valence-electron chi connectivity index (χ3n) is 3.99. The van der Waals surface area contributed by atoms with Crippen LogP contribution in [-0.4, -0.2) is 23.9 Å². The molecule has 0 unspecified atom stereocenters. The number of carbonyl (C=O) groups excluding carboxylic acids is 2. The van der Waals surface area contributed by atoms with Gasteiger partial charge in [0.1, 0.15) is 0 Å². The maximum absolute atomic E-state index is 12.2. The van der Waals surface area contributed by atoms with Gasteiger partial charge in [-0.25, -0.2) is 0 Å². The standard InChI is InChI=1S/C16H24N4O2/c1-11(6-8-17)19-15(21)13-4-3-5-14(10-13)16(22)20-12(2)7-9-18/h11-14H,3-7,10H2,1-2H3,(H,19,21)(H,20,22)/t11-,12-,13-,14+/m0/s1. The van der Waals surface area contributed by atoms with Gasteiger partial charge in [0, 0.05) is 23.9 Å². The maximum Gasteiger partial charge on any atom is 0.223 e. The minimum absolute atomic E-state index is 0.0645. The van der Waals surface area contributed by atoms with Gasteiger partial charge in [0.15, 0.2) is 0 Å². The molecule has 1 aliphatic rings. The van der Waals surface area contributed by atoms with E-state index in [9.17, 15) is 9.59 Å². The maximum atomic E-state index is 12.2. The van der Waals surface area contributed by atoms with E-state index in [0.717, 1.165) is 19.3 Å². The van der Waals surface area contributed by atoms with Crippen LogP contribution in [0.15, 0.2) is 0 Å². The average molecular weight is 304 g/mol. The number of hydrogen-bond donors (Lipinski definition) is 2. The monoisotopic (exact) mass is 304 g/mol. The molecule has 0 radical (unpaired) electrons. The molecule has 0 spiro atoms. The Kier molecular flexibility index (Phi) is 7.39. The van der Waals surface area contributed by atoms with Crippen LogP contribution in [0.3, 0.4) is 0 Å². The highest BCUT2D eigenvalue weighted by Crippen LogP contribution is 2.29. The molecule has 0 aromatic carbocycles. The highest BCUT2D eigenvalue weighted by Gasteiger charge is 2.31. The first-order valence-electron chi connectivity index (χ1n) is 7.82. The number of nitrogens with one attached hydrogen (secondary N) is 2. The fourth-order valence-corrected chi connectivity index (χ4v) is 2.76. The van der Waals surface area contributed by atoms with E-state index in [1.807, 2.05) is 12.1 Å². The molecule has 1 saturated carbocycles. The Balaban J connectivity index is 2.50. The first kappa shape index (κ1) is 18.0. The van der Waals surface area contributed by atoms with Gasteiger partial charge in [-0.2, -0.15) is 10.5 Å². The van der Waals surface area contributed by atoms with Crippen molar-refractivity contribution in [1.82, 2.24) is 10.6 Å². The highest BCUT2D eigenvalue weighted by molar-refractivity contribution is 5.82. The van der Waals surface area contributed by atoms with Gasteiger partial charge in [0.2, 0.25) is 11.8 Å². The SMILES string of the molecule is C[C@@H](CC#N)NC(=O)[C@@H]1CCC[C@H](C(=O)N[C@@H](C)CC#N)C1. The summed E-state index contributed by atoms with van der Waals surface area (Å²) in [6.07, 6.45) is 3.51. The summed E-state index contributed by atoms with van der Waals surface area (Å²) in [6, 6.07) is 3.73. The molecule has 22 heavy (non-hydrogen) atoms. The lowest BCUT2D eigenvalue weighted by Crippen LogP contribution is -2.43. The summed E-state index contributed by atoms with van der Waals surface area (Å²) in [5.74, 6) is -0.468. The fourth-order valence-electron chi connectivity index (χ4n) is 2.76. The van der Waals surface area contributed by atoms with Crippen molar-refractivity contribution in [1.29, 1.82) is 10.5 Å². The molecule has 0 aromatic rings. The van der Waals surface area contributed by atoms with E-state index in [4.69, 9.17) is 10.5 Å². The van der Waals surface area contributed by atoms with Crippen LogP contribution in [0.25, 0.3) is 0 Å². The minimum Gasteiger partial charge on any atom is -0.352 e. The number of nitrogens with zero attached hydrogens (tertiary/aromatic N) is 2. The third kappa shape index (κ3) is 5.73. The van der Waals surface area contributed by atoms with E-state index >= 15 is 0 Å². The van der Waals surface area contributed by atoms with Crippen molar-refractivity contribution in [3.8, 4) is 12.1 Å². The molecule has 0 aliphatic heterocycles. The van der Waals surface area contributed by atoms with Crippen molar-refractivity contribution < 1.29 is 9.59 Å². The van der Waals surface area contributed by atoms with Crippen LogP contribution in [-0.2, 0) is 9.59 Å². The molecule has 0 heterocycles. The summed E-state index contributed by atoms with van der Waals surface area (Å²) in [7, 11) is 0. The van der Waals surface area contributed by atoms with Gasteiger partial charge in [0.25, 0.3) is 0 Å².